The van der Waals surface area contributed by atoms with Crippen LogP contribution in [0, 0.1) is 37.0 Å². The molecule has 0 rings (SSSR count). The van der Waals surface area contributed by atoms with E-state index in [1.54, 1.807) is 0 Å². The molecule has 0 atom stereocenters. The molecule has 0 saturated carbocycles. The molecule has 45 heavy (non-hydrogen) atoms. The largest absolute Gasteiger partial charge is 0.377 e. The highest BCUT2D eigenvalue weighted by Gasteiger charge is 2.31. The number of carbonyl (C=O) groups excluding carboxylic acids is 3. The summed E-state index contributed by atoms with van der Waals surface area (Å²) in [5, 5.41) is 18.4. The van der Waals surface area contributed by atoms with Gasteiger partial charge < -0.3 is 49.6 Å². The van der Waals surface area contributed by atoms with E-state index < -0.39 is 5.54 Å². The Morgan fingerprint density at radius 1 is 0.511 bits per heavy atom. The maximum Gasteiger partial charge on any atom is 0.220 e. The van der Waals surface area contributed by atoms with Crippen molar-refractivity contribution in [2.45, 2.75) is 44.1 Å². The Morgan fingerprint density at radius 3 is 1.07 bits per heavy atom. The van der Waals surface area contributed by atoms with Crippen LogP contribution in [0.4, 0.5) is 0 Å². The van der Waals surface area contributed by atoms with Crippen LogP contribution >= 0.6 is 0 Å². The van der Waals surface area contributed by atoms with Crippen molar-refractivity contribution in [2.24, 2.45) is 0 Å². The number of ether oxygens (including phenoxy) is 6. The van der Waals surface area contributed by atoms with Crippen LogP contribution in [0.2, 0.25) is 0 Å². The van der Waals surface area contributed by atoms with Gasteiger partial charge in [0.05, 0.1) is 59.5 Å². The van der Waals surface area contributed by atoms with Crippen molar-refractivity contribution in [1.82, 2.24) is 21.4 Å². The normalized spacial score (nSPS) is 10.8. The first-order valence-corrected chi connectivity index (χ1v) is 14.9. The summed E-state index contributed by atoms with van der Waals surface area (Å²) in [6, 6.07) is 0. The van der Waals surface area contributed by atoms with Gasteiger partial charge in [-0.15, -0.1) is 19.3 Å². The maximum absolute atomic E-state index is 12.5. The summed E-state index contributed by atoms with van der Waals surface area (Å²) in [6.07, 6.45) is 16.0. The Labute approximate surface area is 267 Å². The van der Waals surface area contributed by atoms with Crippen molar-refractivity contribution < 1.29 is 48.0 Å². The van der Waals surface area contributed by atoms with Gasteiger partial charge in [0.2, 0.25) is 17.7 Å². The van der Waals surface area contributed by atoms with Gasteiger partial charge in [-0.1, -0.05) is 17.8 Å². The molecule has 5 N–H and O–H groups in total. The van der Waals surface area contributed by atoms with Crippen LogP contribution in [0.25, 0.3) is 0 Å². The van der Waals surface area contributed by atoms with Gasteiger partial charge in [0.15, 0.2) is 0 Å². The zero-order valence-corrected chi connectivity index (χ0v) is 26.2. The Kier molecular flexibility index (Phi) is 28.6. The molecule has 14 heteroatoms. The molecular formula is C31H50N4O10. The lowest BCUT2D eigenvalue weighted by Gasteiger charge is -2.32. The van der Waals surface area contributed by atoms with Crippen LogP contribution in [0.5, 0.6) is 0 Å². The summed E-state index contributed by atoms with van der Waals surface area (Å²) in [6.45, 7) is 4.46. The van der Waals surface area contributed by atoms with Crippen LogP contribution in [0.1, 0.15) is 38.5 Å². The van der Waals surface area contributed by atoms with Gasteiger partial charge in [-0.2, -0.15) is 5.48 Å². The summed E-state index contributed by atoms with van der Waals surface area (Å²) in [5.41, 5.74) is 1.22. The van der Waals surface area contributed by atoms with E-state index in [-0.39, 0.29) is 116 Å². The zero-order valence-electron chi connectivity index (χ0n) is 26.2. The van der Waals surface area contributed by atoms with Crippen molar-refractivity contribution in [2.75, 3.05) is 98.9 Å². The maximum atomic E-state index is 12.5. The average Bonchev–Trinajstić information content (AvgIpc) is 3.04. The first-order chi connectivity index (χ1) is 21.9. The average molecular weight is 639 g/mol. The van der Waals surface area contributed by atoms with Gasteiger partial charge in [0.25, 0.3) is 0 Å². The topological polar surface area (TPSA) is 175 Å². The minimum Gasteiger partial charge on any atom is -0.377 e. The molecule has 0 aromatic rings. The van der Waals surface area contributed by atoms with E-state index >= 15 is 0 Å². The standard InChI is InChI=1S/C31H50N4O10/c1-4-16-40-22-25-43-19-13-32-28(36)7-10-31(35-39,11-8-29(37)33-14-20-44-26-23-41-17-5-2)12-9-30(38)34-15-21-45-27-24-42-18-6-3/h1-3,35,39H,7-27H2,(H,32,36)(H,33,37)(H,34,38). The smallest absolute Gasteiger partial charge is 0.220 e. The van der Waals surface area contributed by atoms with Crippen LogP contribution in [-0.4, -0.2) is 127 Å². The number of hydroxylamine groups is 1. The highest BCUT2D eigenvalue weighted by atomic mass is 16.5. The monoisotopic (exact) mass is 638 g/mol. The second kappa shape index (κ2) is 30.8. The van der Waals surface area contributed by atoms with E-state index in [2.05, 4.69) is 39.2 Å². The number of terminal acetylenes is 3. The van der Waals surface area contributed by atoms with Gasteiger partial charge in [-0.05, 0) is 19.3 Å². The molecule has 0 fully saturated rings. The predicted octanol–water partition coefficient (Wildman–Crippen LogP) is -0.608. The SMILES string of the molecule is C#CCOCCOCCNC(=O)CCC(CCC(=O)NCCOCCOCC#C)(CCC(=O)NCCOCCOCC#C)NO. The molecule has 0 unspecified atom stereocenters. The highest BCUT2D eigenvalue weighted by Crippen LogP contribution is 2.25. The molecule has 0 aromatic carbocycles. The van der Waals surface area contributed by atoms with Crippen LogP contribution < -0.4 is 21.4 Å². The molecule has 254 valence electrons. The molecular weight excluding hydrogens is 588 g/mol. The number of amides is 3. The van der Waals surface area contributed by atoms with E-state index in [4.69, 9.17) is 47.7 Å². The number of rotatable bonds is 31. The van der Waals surface area contributed by atoms with Crippen LogP contribution in [0.15, 0.2) is 0 Å². The summed E-state index contributed by atoms with van der Waals surface area (Å²) >= 11 is 0. The Balaban J connectivity index is 4.70. The molecule has 0 bridgehead atoms. The minimum absolute atomic E-state index is 0.0489. The van der Waals surface area contributed by atoms with E-state index in [1.165, 1.54) is 0 Å². The molecule has 0 aliphatic rings. The lowest BCUT2D eigenvalue weighted by molar-refractivity contribution is -0.122. The number of nitrogens with one attached hydrogen (secondary N) is 4. The molecule has 0 radical (unpaired) electrons. The second-order valence-corrected chi connectivity index (χ2v) is 9.55. The minimum atomic E-state index is -1.06. The molecule has 0 heterocycles. The Morgan fingerprint density at radius 2 is 0.800 bits per heavy atom. The summed E-state index contributed by atoms with van der Waals surface area (Å²) in [4.78, 5) is 37.4. The van der Waals surface area contributed by atoms with Crippen LogP contribution in [-0.2, 0) is 42.8 Å². The predicted molar refractivity (Wildman–Crippen MR) is 166 cm³/mol. The van der Waals surface area contributed by atoms with E-state index in [1.807, 2.05) is 0 Å². The summed E-state index contributed by atoms with van der Waals surface area (Å²) in [7, 11) is 0. The van der Waals surface area contributed by atoms with Crippen molar-refractivity contribution in [3.8, 4) is 37.0 Å². The Hall–Kier alpha value is -3.23. The molecule has 0 aliphatic heterocycles. The molecule has 0 aromatic heterocycles. The lowest BCUT2D eigenvalue weighted by atomic mass is 9.84. The summed E-state index contributed by atoms with van der Waals surface area (Å²) < 4.78 is 31.4. The quantitative estimate of drug-likeness (QED) is 0.0372. The molecule has 0 spiro atoms. The van der Waals surface area contributed by atoms with E-state index in [9.17, 15) is 19.6 Å². The highest BCUT2D eigenvalue weighted by molar-refractivity contribution is 5.77. The first-order valence-electron chi connectivity index (χ1n) is 14.9. The lowest BCUT2D eigenvalue weighted by Crippen LogP contribution is -2.46. The molecule has 14 nitrogen and oxygen atoms in total. The van der Waals surface area contributed by atoms with E-state index in [0.29, 0.717) is 39.6 Å². The fourth-order valence-electron chi connectivity index (χ4n) is 3.71. The van der Waals surface area contributed by atoms with Gasteiger partial charge in [0, 0.05) is 44.4 Å². The third kappa shape index (κ3) is 26.9. The van der Waals surface area contributed by atoms with Crippen LogP contribution in [0.3, 0.4) is 0 Å². The van der Waals surface area contributed by atoms with Crippen molar-refractivity contribution in [3.05, 3.63) is 0 Å². The van der Waals surface area contributed by atoms with Gasteiger partial charge in [-0.25, -0.2) is 0 Å². The number of carbonyl (C=O) groups is 3. The molecule has 0 saturated heterocycles. The zero-order chi connectivity index (χ0) is 33.3. The van der Waals surface area contributed by atoms with Gasteiger partial charge in [0.1, 0.15) is 19.8 Å². The first kappa shape index (κ1) is 41.8. The fourth-order valence-corrected chi connectivity index (χ4v) is 3.71. The fraction of sp³-hybridized carbons (Fsp3) is 0.710. The van der Waals surface area contributed by atoms with Gasteiger partial charge >= 0.3 is 0 Å². The van der Waals surface area contributed by atoms with Crippen molar-refractivity contribution in [3.63, 3.8) is 0 Å². The number of hydrogen-bond acceptors (Lipinski definition) is 11. The second-order valence-electron chi connectivity index (χ2n) is 9.55. The summed E-state index contributed by atoms with van der Waals surface area (Å²) in [5.74, 6) is 6.29. The third-order valence-corrected chi connectivity index (χ3v) is 6.11. The molecule has 0 aliphatic carbocycles. The van der Waals surface area contributed by atoms with Crippen molar-refractivity contribution in [1.29, 1.82) is 0 Å². The van der Waals surface area contributed by atoms with Crippen molar-refractivity contribution >= 4 is 17.7 Å². The van der Waals surface area contributed by atoms with Gasteiger partial charge in [-0.3, -0.25) is 14.4 Å². The van der Waals surface area contributed by atoms with E-state index in [0.717, 1.165) is 0 Å². The number of hydrogen-bond donors (Lipinski definition) is 5. The molecule has 3 amide bonds. The third-order valence-electron chi connectivity index (χ3n) is 6.11. The Bertz CT molecular complexity index is 801.